The molecule has 0 bridgehead atoms. The van der Waals surface area contributed by atoms with Crippen molar-refractivity contribution in [1.82, 2.24) is 0 Å². The number of rotatable bonds is 6. The van der Waals surface area contributed by atoms with Crippen LogP contribution in [0.3, 0.4) is 0 Å². The number of carbonyl (C=O) groups is 1. The number of aliphatic hydroxyl groups is 7. The zero-order chi connectivity index (χ0) is 14.7. The summed E-state index contributed by atoms with van der Waals surface area (Å²) in [6.45, 7) is -1.51. The Balaban J connectivity index is 2.73. The van der Waals surface area contributed by atoms with Gasteiger partial charge in [0.05, 0.1) is 13.2 Å². The molecule has 1 rings (SSSR count). The first-order valence-corrected chi connectivity index (χ1v) is 5.66. The summed E-state index contributed by atoms with van der Waals surface area (Å²) in [5, 5.41) is 64.4. The quantitative estimate of drug-likeness (QED) is 0.252. The predicted octanol–water partition coefficient (Wildman–Crippen LogP) is -4.89. The maximum Gasteiger partial charge on any atom is 0.195 e. The van der Waals surface area contributed by atoms with E-state index in [-0.39, 0.29) is 0 Å². The molecule has 0 aliphatic carbocycles. The first-order chi connectivity index (χ1) is 8.84. The number of carbonyl (C=O) groups excluding carboxylic acids is 1. The Bertz CT molecular complexity index is 309. The zero-order valence-corrected chi connectivity index (χ0v) is 9.90. The molecule has 1 fully saturated rings. The van der Waals surface area contributed by atoms with E-state index >= 15 is 0 Å². The van der Waals surface area contributed by atoms with Gasteiger partial charge in [0.1, 0.15) is 42.7 Å². The van der Waals surface area contributed by atoms with E-state index in [1.54, 1.807) is 0 Å². The number of ketones is 1. The van der Waals surface area contributed by atoms with Crippen molar-refractivity contribution >= 4 is 5.78 Å². The van der Waals surface area contributed by atoms with Gasteiger partial charge in [0, 0.05) is 0 Å². The summed E-state index contributed by atoms with van der Waals surface area (Å²) in [5.41, 5.74) is 0. The lowest BCUT2D eigenvalue weighted by molar-refractivity contribution is -0.154. The number of aliphatic hydroxyl groups excluding tert-OH is 7. The van der Waals surface area contributed by atoms with E-state index < -0.39 is 61.7 Å². The average Bonchev–Trinajstić information content (AvgIpc) is 2.71. The van der Waals surface area contributed by atoms with E-state index in [1.165, 1.54) is 0 Å². The number of Topliss-reactive ketones (excluding diaryl/α,β-unsaturated/α-hetero) is 1. The Morgan fingerprint density at radius 3 is 2.11 bits per heavy atom. The molecule has 1 heterocycles. The van der Waals surface area contributed by atoms with Crippen LogP contribution in [-0.2, 0) is 9.53 Å². The molecular formula is C10H18O9. The van der Waals surface area contributed by atoms with Gasteiger partial charge in [-0.2, -0.15) is 0 Å². The first-order valence-electron chi connectivity index (χ1n) is 5.66. The second kappa shape index (κ2) is 6.68. The maximum absolute atomic E-state index is 11.7. The van der Waals surface area contributed by atoms with Gasteiger partial charge in [0.25, 0.3) is 0 Å². The average molecular weight is 282 g/mol. The highest BCUT2D eigenvalue weighted by Crippen LogP contribution is 2.23. The highest BCUT2D eigenvalue weighted by molar-refractivity contribution is 5.88. The van der Waals surface area contributed by atoms with Crippen LogP contribution in [0.1, 0.15) is 0 Å². The second-order valence-electron chi connectivity index (χ2n) is 4.35. The molecule has 0 saturated carbocycles. The van der Waals surface area contributed by atoms with Crippen molar-refractivity contribution in [3.05, 3.63) is 0 Å². The van der Waals surface area contributed by atoms with Crippen molar-refractivity contribution in [3.8, 4) is 0 Å². The summed E-state index contributed by atoms with van der Waals surface area (Å²) in [7, 11) is 0. The summed E-state index contributed by atoms with van der Waals surface area (Å²) >= 11 is 0. The van der Waals surface area contributed by atoms with E-state index in [0.29, 0.717) is 0 Å². The van der Waals surface area contributed by atoms with E-state index in [1.807, 2.05) is 0 Å². The lowest BCUT2D eigenvalue weighted by atomic mass is 9.97. The van der Waals surface area contributed by atoms with Crippen LogP contribution < -0.4 is 0 Å². The monoisotopic (exact) mass is 282 g/mol. The highest BCUT2D eigenvalue weighted by atomic mass is 16.6. The van der Waals surface area contributed by atoms with Gasteiger partial charge in [-0.3, -0.25) is 4.79 Å². The van der Waals surface area contributed by atoms with Gasteiger partial charge >= 0.3 is 0 Å². The van der Waals surface area contributed by atoms with Crippen molar-refractivity contribution in [1.29, 1.82) is 0 Å². The fourth-order valence-corrected chi connectivity index (χ4v) is 1.79. The molecule has 4 unspecified atom stereocenters. The van der Waals surface area contributed by atoms with Crippen LogP contribution in [0.25, 0.3) is 0 Å². The van der Waals surface area contributed by atoms with E-state index in [2.05, 4.69) is 0 Å². The fourth-order valence-electron chi connectivity index (χ4n) is 1.79. The topological polar surface area (TPSA) is 168 Å². The smallest absolute Gasteiger partial charge is 0.195 e. The molecule has 1 aliphatic rings. The van der Waals surface area contributed by atoms with Crippen molar-refractivity contribution in [2.24, 2.45) is 0 Å². The van der Waals surface area contributed by atoms with Crippen LogP contribution in [0.2, 0.25) is 0 Å². The van der Waals surface area contributed by atoms with Crippen LogP contribution in [0.5, 0.6) is 0 Å². The Labute approximate surface area is 108 Å². The number of ether oxygens (including phenoxy) is 1. The molecule has 0 amide bonds. The van der Waals surface area contributed by atoms with Gasteiger partial charge in [-0.1, -0.05) is 0 Å². The van der Waals surface area contributed by atoms with Gasteiger partial charge < -0.3 is 40.5 Å². The third-order valence-corrected chi connectivity index (χ3v) is 3.02. The summed E-state index contributed by atoms with van der Waals surface area (Å²) in [6, 6.07) is 0. The van der Waals surface area contributed by atoms with Gasteiger partial charge in [-0.15, -0.1) is 0 Å². The van der Waals surface area contributed by atoms with Crippen LogP contribution >= 0.6 is 0 Å². The van der Waals surface area contributed by atoms with Gasteiger partial charge in [0.2, 0.25) is 0 Å². The molecule has 9 heteroatoms. The largest absolute Gasteiger partial charge is 0.394 e. The minimum atomic E-state index is -2.11. The third kappa shape index (κ3) is 3.27. The standard InChI is InChI=1S/C10H18O9/c11-1-3(13)5(14)7(16)9(18)10-8(17)6(15)4(2-12)19-10/h3-8,10-17H,1-2H2/t3?,4-,5?,6-,7?,8-,10?/m1/s1. The Kier molecular flexibility index (Phi) is 5.77. The minimum Gasteiger partial charge on any atom is -0.394 e. The molecule has 7 atom stereocenters. The number of hydrogen-bond donors (Lipinski definition) is 7. The third-order valence-electron chi connectivity index (χ3n) is 3.02. The summed E-state index contributed by atoms with van der Waals surface area (Å²) in [5.74, 6) is -1.16. The molecule has 19 heavy (non-hydrogen) atoms. The number of hydrogen-bond acceptors (Lipinski definition) is 9. The highest BCUT2D eigenvalue weighted by Gasteiger charge is 2.48. The maximum atomic E-state index is 11.7. The molecular weight excluding hydrogens is 264 g/mol. The summed E-state index contributed by atoms with van der Waals surface area (Å²) in [6.07, 6.45) is -11.8. The predicted molar refractivity (Wildman–Crippen MR) is 57.9 cm³/mol. The van der Waals surface area contributed by atoms with Gasteiger partial charge in [-0.25, -0.2) is 0 Å². The lowest BCUT2D eigenvalue weighted by Gasteiger charge is -2.23. The molecule has 9 nitrogen and oxygen atoms in total. The van der Waals surface area contributed by atoms with Crippen LogP contribution in [-0.4, -0.2) is 97.5 Å². The molecule has 112 valence electrons. The van der Waals surface area contributed by atoms with E-state index in [0.717, 1.165) is 0 Å². The second-order valence-corrected chi connectivity index (χ2v) is 4.35. The normalized spacial score (nSPS) is 35.9. The van der Waals surface area contributed by atoms with Gasteiger partial charge in [0.15, 0.2) is 5.78 Å². The van der Waals surface area contributed by atoms with Gasteiger partial charge in [-0.05, 0) is 0 Å². The Hall–Kier alpha value is -0.650. The first kappa shape index (κ1) is 16.4. The molecule has 1 saturated heterocycles. The summed E-state index contributed by atoms with van der Waals surface area (Å²) < 4.78 is 4.87. The van der Waals surface area contributed by atoms with Crippen LogP contribution in [0.15, 0.2) is 0 Å². The summed E-state index contributed by atoms with van der Waals surface area (Å²) in [4.78, 5) is 11.7. The van der Waals surface area contributed by atoms with E-state index in [4.69, 9.17) is 20.1 Å². The minimum absolute atomic E-state index is 0.639. The molecule has 1 aliphatic heterocycles. The van der Waals surface area contributed by atoms with Crippen molar-refractivity contribution in [3.63, 3.8) is 0 Å². The molecule has 0 radical (unpaired) electrons. The molecule has 0 aromatic heterocycles. The molecule has 0 spiro atoms. The molecule has 7 N–H and O–H groups in total. The fraction of sp³-hybridized carbons (Fsp3) is 0.900. The van der Waals surface area contributed by atoms with Crippen LogP contribution in [0.4, 0.5) is 0 Å². The molecule has 0 aromatic rings. The molecule has 0 aromatic carbocycles. The van der Waals surface area contributed by atoms with Crippen LogP contribution in [0, 0.1) is 0 Å². The SMILES string of the molecule is O=C(C(O)C(O)C(O)CO)C1O[C@H](CO)[C@@H](O)[C@H]1O. The van der Waals surface area contributed by atoms with E-state index in [9.17, 15) is 25.2 Å². The Morgan fingerprint density at radius 2 is 1.68 bits per heavy atom. The zero-order valence-electron chi connectivity index (χ0n) is 9.90. The van der Waals surface area contributed by atoms with Crippen molar-refractivity contribution in [2.75, 3.05) is 13.2 Å². The van der Waals surface area contributed by atoms with Crippen molar-refractivity contribution in [2.45, 2.75) is 42.7 Å². The van der Waals surface area contributed by atoms with Crippen molar-refractivity contribution < 1.29 is 45.3 Å². The lowest BCUT2D eigenvalue weighted by Crippen LogP contribution is -2.50. The Morgan fingerprint density at radius 1 is 1.11 bits per heavy atom.